The van der Waals surface area contributed by atoms with Crippen LogP contribution in [0.15, 0.2) is 48.5 Å². The van der Waals surface area contributed by atoms with Gasteiger partial charge in [0, 0.05) is 22.6 Å². The summed E-state index contributed by atoms with van der Waals surface area (Å²) in [5, 5.41) is 13.9. The van der Waals surface area contributed by atoms with Crippen LogP contribution in [0.3, 0.4) is 0 Å². The predicted molar refractivity (Wildman–Crippen MR) is 98.3 cm³/mol. The zero-order valence-electron chi connectivity index (χ0n) is 13.0. The van der Waals surface area contributed by atoms with Gasteiger partial charge in [-0.3, -0.25) is 20.2 Å². The molecule has 0 atom stereocenters. The molecule has 0 fully saturated rings. The van der Waals surface area contributed by atoms with Crippen molar-refractivity contribution in [3.05, 3.63) is 74.1 Å². The number of anilines is 1. The summed E-state index contributed by atoms with van der Waals surface area (Å²) in [5.41, 5.74) is 1.75. The van der Waals surface area contributed by atoms with Crippen LogP contribution in [-0.2, 0) is 0 Å². The van der Waals surface area contributed by atoms with E-state index in [1.165, 1.54) is 23.5 Å². The van der Waals surface area contributed by atoms with E-state index in [1.807, 2.05) is 37.3 Å². The zero-order chi connectivity index (χ0) is 18.0. The largest absolute Gasteiger partial charge is 0.298 e. The van der Waals surface area contributed by atoms with Crippen molar-refractivity contribution in [1.29, 1.82) is 0 Å². The van der Waals surface area contributed by atoms with E-state index in [0.717, 1.165) is 22.2 Å². The van der Waals surface area contributed by atoms with Gasteiger partial charge in [0.15, 0.2) is 5.13 Å². The Hall–Kier alpha value is -2.77. The average molecular weight is 374 g/mol. The number of nitro benzene ring substituents is 1. The second kappa shape index (κ2) is 7.00. The van der Waals surface area contributed by atoms with Crippen molar-refractivity contribution in [2.45, 2.75) is 6.92 Å². The third kappa shape index (κ3) is 3.67. The number of hydrogen-bond acceptors (Lipinski definition) is 5. The minimum atomic E-state index is -0.566. The molecule has 0 unspecified atom stereocenters. The summed E-state index contributed by atoms with van der Waals surface area (Å²) in [6, 6.07) is 13.4. The standard InChI is InChI=1S/C17H12ClN3O3S/c1-10-15(11-5-3-2-4-6-11)19-17(25-10)20-16(22)13-8-7-12(21(23)24)9-14(13)18/h2-9H,1H3,(H,19,20,22). The number of carbonyl (C=O) groups is 1. The van der Waals surface area contributed by atoms with Crippen molar-refractivity contribution in [1.82, 2.24) is 4.98 Å². The lowest BCUT2D eigenvalue weighted by Gasteiger charge is -2.04. The molecular weight excluding hydrogens is 362 g/mol. The molecule has 2 aromatic carbocycles. The van der Waals surface area contributed by atoms with Crippen LogP contribution in [0, 0.1) is 17.0 Å². The summed E-state index contributed by atoms with van der Waals surface area (Å²) in [6.45, 7) is 1.93. The molecule has 3 aromatic rings. The van der Waals surface area contributed by atoms with Crippen molar-refractivity contribution in [3.8, 4) is 11.3 Å². The molecule has 126 valence electrons. The van der Waals surface area contributed by atoms with Crippen molar-refractivity contribution in [2.24, 2.45) is 0 Å². The van der Waals surface area contributed by atoms with Gasteiger partial charge in [-0.2, -0.15) is 0 Å². The number of nitrogens with zero attached hydrogens (tertiary/aromatic N) is 2. The molecule has 1 aromatic heterocycles. The van der Waals surface area contributed by atoms with Gasteiger partial charge in [-0.15, -0.1) is 11.3 Å². The third-order valence-electron chi connectivity index (χ3n) is 3.47. The van der Waals surface area contributed by atoms with Gasteiger partial charge in [0.1, 0.15) is 0 Å². The number of aromatic nitrogens is 1. The highest BCUT2D eigenvalue weighted by Gasteiger charge is 2.17. The van der Waals surface area contributed by atoms with Gasteiger partial charge in [-0.25, -0.2) is 4.98 Å². The first-order valence-corrected chi connectivity index (χ1v) is 8.43. The number of hydrogen-bond donors (Lipinski definition) is 1. The van der Waals surface area contributed by atoms with Gasteiger partial charge in [0.05, 0.1) is 21.2 Å². The van der Waals surface area contributed by atoms with Crippen LogP contribution in [-0.4, -0.2) is 15.8 Å². The van der Waals surface area contributed by atoms with E-state index in [9.17, 15) is 14.9 Å². The van der Waals surface area contributed by atoms with E-state index < -0.39 is 10.8 Å². The van der Waals surface area contributed by atoms with E-state index in [4.69, 9.17) is 11.6 Å². The van der Waals surface area contributed by atoms with E-state index in [1.54, 1.807) is 0 Å². The first kappa shape index (κ1) is 17.1. The summed E-state index contributed by atoms with van der Waals surface area (Å²) >= 11 is 7.34. The number of amides is 1. The highest BCUT2D eigenvalue weighted by Crippen LogP contribution is 2.31. The molecular formula is C17H12ClN3O3S. The second-order valence-electron chi connectivity index (χ2n) is 5.17. The molecule has 1 amide bonds. The van der Waals surface area contributed by atoms with Crippen molar-refractivity contribution in [2.75, 3.05) is 5.32 Å². The lowest BCUT2D eigenvalue weighted by molar-refractivity contribution is -0.384. The van der Waals surface area contributed by atoms with Crippen LogP contribution >= 0.6 is 22.9 Å². The number of nitrogens with one attached hydrogen (secondary N) is 1. The molecule has 0 saturated carbocycles. The van der Waals surface area contributed by atoms with Crippen LogP contribution in [0.1, 0.15) is 15.2 Å². The van der Waals surface area contributed by atoms with Gasteiger partial charge in [-0.1, -0.05) is 41.9 Å². The number of thiazole rings is 1. The molecule has 1 heterocycles. The minimum Gasteiger partial charge on any atom is -0.298 e. The summed E-state index contributed by atoms with van der Waals surface area (Å²) in [7, 11) is 0. The molecule has 8 heteroatoms. The fourth-order valence-corrected chi connectivity index (χ4v) is 3.37. The van der Waals surface area contributed by atoms with Gasteiger partial charge in [-0.05, 0) is 13.0 Å². The van der Waals surface area contributed by atoms with Crippen LogP contribution < -0.4 is 5.32 Å². The maximum atomic E-state index is 12.4. The monoisotopic (exact) mass is 373 g/mol. The summed E-state index contributed by atoms with van der Waals surface area (Å²) in [4.78, 5) is 28.0. The molecule has 3 rings (SSSR count). The van der Waals surface area contributed by atoms with Crippen molar-refractivity contribution in [3.63, 3.8) is 0 Å². The molecule has 0 aliphatic heterocycles. The smallest absolute Gasteiger partial charge is 0.270 e. The van der Waals surface area contributed by atoms with Gasteiger partial charge in [0.25, 0.3) is 11.6 Å². The first-order chi connectivity index (χ1) is 12.0. The molecule has 25 heavy (non-hydrogen) atoms. The predicted octanol–water partition coefficient (Wildman–Crippen LogP) is 4.93. The van der Waals surface area contributed by atoms with Gasteiger partial charge >= 0.3 is 0 Å². The molecule has 0 saturated heterocycles. The number of carbonyl (C=O) groups excluding carboxylic acids is 1. The van der Waals surface area contributed by atoms with Crippen molar-refractivity contribution < 1.29 is 9.72 Å². The number of benzene rings is 2. The lowest BCUT2D eigenvalue weighted by atomic mass is 10.1. The minimum absolute atomic E-state index is 0.0169. The maximum Gasteiger partial charge on any atom is 0.270 e. The van der Waals surface area contributed by atoms with E-state index in [2.05, 4.69) is 10.3 Å². The second-order valence-corrected chi connectivity index (χ2v) is 6.78. The van der Waals surface area contributed by atoms with Gasteiger partial charge < -0.3 is 0 Å². The quantitative estimate of drug-likeness (QED) is 0.518. The van der Waals surface area contributed by atoms with Crippen LogP contribution in [0.2, 0.25) is 5.02 Å². The Morgan fingerprint density at radius 1 is 1.24 bits per heavy atom. The molecule has 0 radical (unpaired) electrons. The van der Waals surface area contributed by atoms with E-state index in [-0.39, 0.29) is 16.3 Å². The number of halogens is 1. The van der Waals surface area contributed by atoms with E-state index in [0.29, 0.717) is 5.13 Å². The lowest BCUT2D eigenvalue weighted by Crippen LogP contribution is -2.12. The normalized spacial score (nSPS) is 10.5. The number of aryl methyl sites for hydroxylation is 1. The highest BCUT2D eigenvalue weighted by atomic mass is 35.5. The molecule has 1 N–H and O–H groups in total. The Labute approximate surface area is 152 Å². The fourth-order valence-electron chi connectivity index (χ4n) is 2.28. The SMILES string of the molecule is Cc1sc(NC(=O)c2ccc([N+](=O)[O-])cc2Cl)nc1-c1ccccc1. The Kier molecular flexibility index (Phi) is 4.78. The molecule has 0 bridgehead atoms. The summed E-state index contributed by atoms with van der Waals surface area (Å²) < 4.78 is 0. The Morgan fingerprint density at radius 2 is 1.96 bits per heavy atom. The topological polar surface area (TPSA) is 85.1 Å². The molecule has 0 aliphatic rings. The van der Waals surface area contributed by atoms with Crippen molar-refractivity contribution >= 4 is 39.7 Å². The van der Waals surface area contributed by atoms with Crippen LogP contribution in [0.4, 0.5) is 10.8 Å². The first-order valence-electron chi connectivity index (χ1n) is 7.24. The maximum absolute atomic E-state index is 12.4. The third-order valence-corrected chi connectivity index (χ3v) is 4.67. The fraction of sp³-hybridized carbons (Fsp3) is 0.0588. The number of rotatable bonds is 4. The Bertz CT molecular complexity index is 957. The molecule has 0 aliphatic carbocycles. The van der Waals surface area contributed by atoms with E-state index >= 15 is 0 Å². The van der Waals surface area contributed by atoms with Crippen LogP contribution in [0.5, 0.6) is 0 Å². The zero-order valence-corrected chi connectivity index (χ0v) is 14.6. The Morgan fingerprint density at radius 3 is 2.60 bits per heavy atom. The van der Waals surface area contributed by atoms with Crippen LogP contribution in [0.25, 0.3) is 11.3 Å². The number of nitro groups is 1. The Balaban J connectivity index is 1.84. The average Bonchev–Trinajstić information content (AvgIpc) is 2.95. The molecule has 0 spiro atoms. The summed E-state index contributed by atoms with van der Waals surface area (Å²) in [6.07, 6.45) is 0. The molecule has 6 nitrogen and oxygen atoms in total. The summed E-state index contributed by atoms with van der Waals surface area (Å²) in [5.74, 6) is -0.465. The highest BCUT2D eigenvalue weighted by molar-refractivity contribution is 7.16. The number of non-ortho nitro benzene ring substituents is 1. The van der Waals surface area contributed by atoms with Gasteiger partial charge in [0.2, 0.25) is 0 Å².